The van der Waals surface area contributed by atoms with Crippen LogP contribution in [0, 0.1) is 6.92 Å². The Labute approximate surface area is 308 Å². The summed E-state index contributed by atoms with van der Waals surface area (Å²) in [7, 11) is -9.48. The average Bonchev–Trinajstić information content (AvgIpc) is 3.13. The predicted octanol–water partition coefficient (Wildman–Crippen LogP) is 8.55. The third-order valence-electron chi connectivity index (χ3n) is 7.32. The van der Waals surface area contributed by atoms with Crippen LogP contribution in [0.1, 0.15) is 5.56 Å². The van der Waals surface area contributed by atoms with Gasteiger partial charge in [-0.2, -0.15) is 8.42 Å². The molecule has 6 aromatic carbocycles. The largest absolute Gasteiger partial charge is 0.497 e. The van der Waals surface area contributed by atoms with Crippen molar-refractivity contribution in [2.75, 3.05) is 13.4 Å². The molecule has 0 aromatic heterocycles. The van der Waals surface area contributed by atoms with Crippen molar-refractivity contribution in [2.45, 2.75) is 26.5 Å². The number of sulfone groups is 2. The minimum atomic E-state index is -3.77. The molecule has 0 spiro atoms. The molecule has 0 amide bonds. The Morgan fingerprint density at radius 2 is 0.566 bits per heavy atom. The summed E-state index contributed by atoms with van der Waals surface area (Å²) in [5, 5.41) is 0. The third kappa shape index (κ3) is 10.7. The Morgan fingerprint density at radius 3 is 0.792 bits per heavy atom. The lowest BCUT2D eigenvalue weighted by atomic mass is 10.2. The zero-order chi connectivity index (χ0) is 38.2. The summed E-state index contributed by atoms with van der Waals surface area (Å²) in [5.41, 5.74) is 0.981. The topological polar surface area (TPSA) is 160 Å². The van der Waals surface area contributed by atoms with Crippen LogP contribution >= 0.6 is 0 Å². The van der Waals surface area contributed by atoms with Gasteiger partial charge in [-0.15, -0.1) is 0 Å². The van der Waals surface area contributed by atoms with Crippen molar-refractivity contribution in [3.05, 3.63) is 151 Å². The summed E-state index contributed by atoms with van der Waals surface area (Å²) < 4.78 is 101. The lowest BCUT2D eigenvalue weighted by Gasteiger charge is -2.10. The minimum Gasteiger partial charge on any atom is -0.497 e. The Kier molecular flexibility index (Phi) is 11.9. The first-order chi connectivity index (χ1) is 25.1. The van der Waals surface area contributed by atoms with Crippen LogP contribution in [0.5, 0.6) is 40.2 Å². The highest BCUT2D eigenvalue weighted by atomic mass is 32.2. The average molecular weight is 775 g/mol. The number of benzene rings is 6. The van der Waals surface area contributed by atoms with Crippen LogP contribution in [-0.4, -0.2) is 43.2 Å². The molecule has 0 unspecified atom stereocenters. The molecular weight excluding hydrogens is 741 g/mol. The molecule has 14 heteroatoms. The Morgan fingerprint density at radius 1 is 0.377 bits per heavy atom. The van der Waals surface area contributed by atoms with Gasteiger partial charge >= 0.3 is 0 Å². The van der Waals surface area contributed by atoms with Crippen LogP contribution in [0.15, 0.2) is 165 Å². The first-order valence-electron chi connectivity index (χ1n) is 15.7. The van der Waals surface area contributed by atoms with Crippen LogP contribution in [-0.2, 0) is 29.8 Å². The second-order valence-corrected chi connectivity index (χ2v) is 16.8. The number of rotatable bonds is 11. The molecule has 0 aliphatic carbocycles. The molecule has 53 heavy (non-hydrogen) atoms. The third-order valence-corrected chi connectivity index (χ3v) is 10.9. The molecule has 1 N–H and O–H groups in total. The summed E-state index contributed by atoms with van der Waals surface area (Å²) in [6.07, 6.45) is 0.715. The first-order valence-corrected chi connectivity index (χ1v) is 20.5. The number of ether oxygens (including phenoxy) is 4. The Hall–Kier alpha value is -5.67. The van der Waals surface area contributed by atoms with Crippen LogP contribution in [0.3, 0.4) is 0 Å². The zero-order valence-electron chi connectivity index (χ0n) is 28.6. The van der Waals surface area contributed by atoms with E-state index in [0.717, 1.165) is 5.56 Å². The standard InChI is InChI=1S/C38H30O8S2.CH4O3S/c1-27-3-19-35(20-4-27)47(39,40)36-21-13-33(14-22-36)45-30-9-11-31(12-10-30)46-34-17-25-38(26-18-34)48(41,42)37-23-15-32(16-24-37)44-29-7-5-28(43-2)6-8-29;1-5(2,3)4/h3-26H,1-2H3;1H3,(H,2,3,4). The molecule has 11 nitrogen and oxygen atoms in total. The van der Waals surface area contributed by atoms with Gasteiger partial charge in [0, 0.05) is 0 Å². The maximum absolute atomic E-state index is 13.2. The highest BCUT2D eigenvalue weighted by molar-refractivity contribution is 7.91. The van der Waals surface area contributed by atoms with Gasteiger partial charge in [0.25, 0.3) is 10.1 Å². The number of hydrogen-bond acceptors (Lipinski definition) is 10. The van der Waals surface area contributed by atoms with E-state index in [1.807, 2.05) is 6.92 Å². The van der Waals surface area contributed by atoms with E-state index in [1.165, 1.54) is 36.4 Å². The van der Waals surface area contributed by atoms with Gasteiger partial charge in [-0.3, -0.25) is 4.55 Å². The van der Waals surface area contributed by atoms with E-state index in [-0.39, 0.29) is 19.6 Å². The first kappa shape index (κ1) is 38.6. The second-order valence-electron chi connectivity index (χ2n) is 11.4. The molecule has 0 saturated heterocycles. The molecule has 6 aromatic rings. The molecule has 0 fully saturated rings. The van der Waals surface area contributed by atoms with E-state index in [0.29, 0.717) is 46.5 Å². The fraction of sp³-hybridized carbons (Fsp3) is 0.0769. The second kappa shape index (κ2) is 16.3. The molecule has 274 valence electrons. The van der Waals surface area contributed by atoms with Gasteiger partial charge in [-0.1, -0.05) is 17.7 Å². The van der Waals surface area contributed by atoms with Gasteiger partial charge in [0.05, 0.1) is 32.9 Å². The SMILES string of the molecule is COc1ccc(Oc2ccc(S(=O)(=O)c3ccc(Oc4ccc(Oc5ccc(S(=O)(=O)c6ccc(C)cc6)cc5)cc4)cc3)cc2)cc1.CS(=O)(=O)O. The van der Waals surface area contributed by atoms with Crippen molar-refractivity contribution in [1.82, 2.24) is 0 Å². The maximum atomic E-state index is 13.2. The van der Waals surface area contributed by atoms with Crippen molar-refractivity contribution in [1.29, 1.82) is 0 Å². The number of methoxy groups -OCH3 is 1. The molecular formula is C39H34O11S3. The van der Waals surface area contributed by atoms with Crippen LogP contribution in [0.4, 0.5) is 0 Å². The van der Waals surface area contributed by atoms with Crippen molar-refractivity contribution < 1.29 is 48.8 Å². The summed E-state index contributed by atoms with van der Waals surface area (Å²) in [4.78, 5) is 0.668. The van der Waals surface area contributed by atoms with Crippen LogP contribution in [0.25, 0.3) is 0 Å². The molecule has 0 aliphatic rings. The van der Waals surface area contributed by atoms with Gasteiger partial charge in [0.1, 0.15) is 40.2 Å². The van der Waals surface area contributed by atoms with Gasteiger partial charge in [-0.25, -0.2) is 16.8 Å². The van der Waals surface area contributed by atoms with E-state index < -0.39 is 29.8 Å². The minimum absolute atomic E-state index is 0.125. The molecule has 0 aliphatic heterocycles. The van der Waals surface area contributed by atoms with E-state index in [9.17, 15) is 25.3 Å². The highest BCUT2D eigenvalue weighted by Crippen LogP contribution is 2.31. The molecule has 0 saturated carbocycles. The van der Waals surface area contributed by atoms with Crippen LogP contribution < -0.4 is 18.9 Å². The van der Waals surface area contributed by atoms with Gasteiger partial charge in [-0.05, 0) is 140 Å². The molecule has 0 bridgehead atoms. The Bertz CT molecular complexity index is 2460. The van der Waals surface area contributed by atoms with Crippen molar-refractivity contribution in [3.8, 4) is 40.2 Å². The lowest BCUT2D eigenvalue weighted by molar-refractivity contribution is 0.413. The van der Waals surface area contributed by atoms with Crippen molar-refractivity contribution in [2.24, 2.45) is 0 Å². The Balaban J connectivity index is 0.00000101. The molecule has 6 rings (SSSR count). The molecule has 0 radical (unpaired) electrons. The van der Waals surface area contributed by atoms with Gasteiger partial charge < -0.3 is 18.9 Å². The van der Waals surface area contributed by atoms with Gasteiger partial charge in [0.15, 0.2) is 0 Å². The lowest BCUT2D eigenvalue weighted by Crippen LogP contribution is -2.02. The summed E-state index contributed by atoms with van der Waals surface area (Å²) in [6, 6.07) is 39.3. The van der Waals surface area contributed by atoms with Crippen LogP contribution in [0.2, 0.25) is 0 Å². The maximum Gasteiger partial charge on any atom is 0.261 e. The predicted molar refractivity (Wildman–Crippen MR) is 199 cm³/mol. The van der Waals surface area contributed by atoms with E-state index >= 15 is 0 Å². The highest BCUT2D eigenvalue weighted by Gasteiger charge is 2.19. The normalized spacial score (nSPS) is 11.5. The fourth-order valence-electron chi connectivity index (χ4n) is 4.68. The zero-order valence-corrected chi connectivity index (χ0v) is 31.1. The van der Waals surface area contributed by atoms with Crippen molar-refractivity contribution >= 4 is 29.8 Å². The van der Waals surface area contributed by atoms with Crippen molar-refractivity contribution in [3.63, 3.8) is 0 Å². The monoisotopic (exact) mass is 774 g/mol. The van der Waals surface area contributed by atoms with E-state index in [4.69, 9.17) is 23.5 Å². The van der Waals surface area contributed by atoms with E-state index in [1.54, 1.807) is 116 Å². The van der Waals surface area contributed by atoms with Gasteiger partial charge in [0.2, 0.25) is 19.7 Å². The summed E-state index contributed by atoms with van der Waals surface area (Å²) in [6.45, 7) is 1.90. The molecule has 0 atom stereocenters. The summed E-state index contributed by atoms with van der Waals surface area (Å²) in [5.74, 6) is 3.78. The summed E-state index contributed by atoms with van der Waals surface area (Å²) >= 11 is 0. The number of aryl methyl sites for hydroxylation is 1. The number of hydrogen-bond donors (Lipinski definition) is 1. The quantitative estimate of drug-likeness (QED) is 0.126. The fourth-order valence-corrected chi connectivity index (χ4v) is 7.20. The molecule has 0 heterocycles. The smallest absolute Gasteiger partial charge is 0.261 e. The van der Waals surface area contributed by atoms with E-state index in [2.05, 4.69) is 0 Å².